The summed E-state index contributed by atoms with van der Waals surface area (Å²) in [7, 11) is 0. The summed E-state index contributed by atoms with van der Waals surface area (Å²) in [6.07, 6.45) is 0. The van der Waals surface area contributed by atoms with Gasteiger partial charge in [0.05, 0.1) is 0 Å². The van der Waals surface area contributed by atoms with Crippen molar-refractivity contribution in [1.29, 1.82) is 0 Å². The largest absolute Gasteiger partial charge is 0.312 e. The van der Waals surface area contributed by atoms with Crippen LogP contribution >= 0.6 is 0 Å². The number of hydrogen-bond donors (Lipinski definition) is 1. The Morgan fingerprint density at radius 3 is 2.57 bits per heavy atom. The van der Waals surface area contributed by atoms with Crippen LogP contribution in [-0.2, 0) is 6.54 Å². The molecule has 0 unspecified atom stereocenters. The third kappa shape index (κ3) is 3.15. The van der Waals surface area contributed by atoms with E-state index in [9.17, 15) is 0 Å². The van der Waals surface area contributed by atoms with E-state index >= 15 is 0 Å². The molecule has 1 rings (SSSR count). The molecule has 0 amide bonds. The summed E-state index contributed by atoms with van der Waals surface area (Å²) in [6.45, 7) is 10.9. The summed E-state index contributed by atoms with van der Waals surface area (Å²) >= 11 is 0. The fraction of sp³-hybridized carbons (Fsp3) is 0.538. The summed E-state index contributed by atoms with van der Waals surface area (Å²) in [5, 5.41) is 3.47. The SMILES string of the molecule is Cc1cccc(CNCC(C)C)c1C. The van der Waals surface area contributed by atoms with Crippen molar-refractivity contribution in [3.63, 3.8) is 0 Å². The van der Waals surface area contributed by atoms with Gasteiger partial charge in [-0.05, 0) is 43.0 Å². The van der Waals surface area contributed by atoms with Crippen LogP contribution in [0.5, 0.6) is 0 Å². The van der Waals surface area contributed by atoms with Gasteiger partial charge in [0, 0.05) is 6.54 Å². The van der Waals surface area contributed by atoms with Crippen molar-refractivity contribution in [2.24, 2.45) is 5.92 Å². The molecule has 0 heterocycles. The number of aryl methyl sites for hydroxylation is 1. The third-order valence-electron chi connectivity index (χ3n) is 2.58. The molecule has 1 aromatic carbocycles. The van der Waals surface area contributed by atoms with Crippen LogP contribution in [-0.4, -0.2) is 6.54 Å². The third-order valence-corrected chi connectivity index (χ3v) is 2.58. The summed E-state index contributed by atoms with van der Waals surface area (Å²) in [4.78, 5) is 0. The zero-order valence-corrected chi connectivity index (χ0v) is 9.72. The highest BCUT2D eigenvalue weighted by molar-refractivity contribution is 5.32. The Labute approximate surface area is 87.5 Å². The lowest BCUT2D eigenvalue weighted by atomic mass is 10.0. The van der Waals surface area contributed by atoms with E-state index in [4.69, 9.17) is 0 Å². The van der Waals surface area contributed by atoms with Crippen molar-refractivity contribution in [3.8, 4) is 0 Å². The average Bonchev–Trinajstić information content (AvgIpc) is 2.12. The molecule has 0 aliphatic heterocycles. The normalized spacial score (nSPS) is 10.9. The molecule has 0 aliphatic rings. The molecule has 0 saturated heterocycles. The van der Waals surface area contributed by atoms with Gasteiger partial charge in [0.2, 0.25) is 0 Å². The molecule has 1 aromatic rings. The van der Waals surface area contributed by atoms with Gasteiger partial charge in [-0.25, -0.2) is 0 Å². The van der Waals surface area contributed by atoms with E-state index < -0.39 is 0 Å². The zero-order chi connectivity index (χ0) is 10.6. The van der Waals surface area contributed by atoms with Crippen molar-refractivity contribution < 1.29 is 0 Å². The summed E-state index contributed by atoms with van der Waals surface area (Å²) in [5.74, 6) is 0.722. The summed E-state index contributed by atoms with van der Waals surface area (Å²) in [6, 6.07) is 6.51. The van der Waals surface area contributed by atoms with E-state index in [1.807, 2.05) is 0 Å². The zero-order valence-electron chi connectivity index (χ0n) is 9.72. The predicted molar refractivity (Wildman–Crippen MR) is 62.5 cm³/mol. The summed E-state index contributed by atoms with van der Waals surface area (Å²) < 4.78 is 0. The smallest absolute Gasteiger partial charge is 0.0208 e. The topological polar surface area (TPSA) is 12.0 Å². The maximum Gasteiger partial charge on any atom is 0.0208 e. The number of rotatable bonds is 4. The first kappa shape index (κ1) is 11.3. The minimum absolute atomic E-state index is 0.722. The Morgan fingerprint density at radius 1 is 1.21 bits per heavy atom. The van der Waals surface area contributed by atoms with Crippen LogP contribution in [0.1, 0.15) is 30.5 Å². The van der Waals surface area contributed by atoms with Crippen LogP contribution in [0.4, 0.5) is 0 Å². The molecule has 0 atom stereocenters. The van der Waals surface area contributed by atoms with E-state index in [0.29, 0.717) is 0 Å². The Morgan fingerprint density at radius 2 is 1.93 bits per heavy atom. The second-order valence-corrected chi connectivity index (χ2v) is 4.38. The first-order valence-electron chi connectivity index (χ1n) is 5.37. The van der Waals surface area contributed by atoms with E-state index in [-0.39, 0.29) is 0 Å². The molecule has 0 radical (unpaired) electrons. The first-order valence-corrected chi connectivity index (χ1v) is 5.37. The Kier molecular flexibility index (Phi) is 4.15. The van der Waals surface area contributed by atoms with Gasteiger partial charge in [0.25, 0.3) is 0 Å². The van der Waals surface area contributed by atoms with Crippen molar-refractivity contribution >= 4 is 0 Å². The van der Waals surface area contributed by atoms with E-state index in [1.54, 1.807) is 0 Å². The number of benzene rings is 1. The molecule has 1 nitrogen and oxygen atoms in total. The molecule has 0 spiro atoms. The number of nitrogens with one attached hydrogen (secondary N) is 1. The molecule has 1 N–H and O–H groups in total. The number of hydrogen-bond acceptors (Lipinski definition) is 1. The molecular weight excluding hydrogens is 170 g/mol. The Bertz CT molecular complexity index is 289. The van der Waals surface area contributed by atoms with Crippen LogP contribution in [0.15, 0.2) is 18.2 Å². The minimum atomic E-state index is 0.722. The molecule has 0 fully saturated rings. The fourth-order valence-electron chi connectivity index (χ4n) is 1.50. The molecule has 1 heteroatoms. The predicted octanol–water partition coefficient (Wildman–Crippen LogP) is 3.05. The van der Waals surface area contributed by atoms with Crippen LogP contribution in [0.2, 0.25) is 0 Å². The Hall–Kier alpha value is -0.820. The van der Waals surface area contributed by atoms with Gasteiger partial charge < -0.3 is 5.32 Å². The van der Waals surface area contributed by atoms with Crippen LogP contribution in [0, 0.1) is 19.8 Å². The van der Waals surface area contributed by atoms with E-state index in [0.717, 1.165) is 19.0 Å². The molecule has 0 aromatic heterocycles. The highest BCUT2D eigenvalue weighted by Gasteiger charge is 2.00. The molecule has 0 saturated carbocycles. The van der Waals surface area contributed by atoms with Crippen molar-refractivity contribution in [2.45, 2.75) is 34.2 Å². The molecular formula is C13H21N. The Balaban J connectivity index is 2.54. The van der Waals surface area contributed by atoms with Crippen molar-refractivity contribution in [1.82, 2.24) is 5.32 Å². The standard InChI is InChI=1S/C13H21N/c1-10(2)8-14-9-13-7-5-6-11(3)12(13)4/h5-7,10,14H,8-9H2,1-4H3. The van der Waals surface area contributed by atoms with Crippen LogP contribution in [0.25, 0.3) is 0 Å². The second kappa shape index (κ2) is 5.16. The van der Waals surface area contributed by atoms with E-state index in [1.165, 1.54) is 16.7 Å². The highest BCUT2D eigenvalue weighted by atomic mass is 14.8. The maximum absolute atomic E-state index is 3.47. The lowest BCUT2D eigenvalue weighted by molar-refractivity contribution is 0.551. The van der Waals surface area contributed by atoms with Crippen molar-refractivity contribution in [3.05, 3.63) is 34.9 Å². The molecule has 78 valence electrons. The van der Waals surface area contributed by atoms with Gasteiger partial charge in [-0.15, -0.1) is 0 Å². The molecule has 14 heavy (non-hydrogen) atoms. The van der Waals surface area contributed by atoms with Crippen molar-refractivity contribution in [2.75, 3.05) is 6.54 Å². The van der Waals surface area contributed by atoms with Crippen LogP contribution in [0.3, 0.4) is 0 Å². The quantitative estimate of drug-likeness (QED) is 0.771. The van der Waals surface area contributed by atoms with Gasteiger partial charge in [0.15, 0.2) is 0 Å². The van der Waals surface area contributed by atoms with Gasteiger partial charge in [-0.2, -0.15) is 0 Å². The second-order valence-electron chi connectivity index (χ2n) is 4.38. The molecule has 0 aliphatic carbocycles. The molecule has 0 bridgehead atoms. The maximum atomic E-state index is 3.47. The monoisotopic (exact) mass is 191 g/mol. The fourth-order valence-corrected chi connectivity index (χ4v) is 1.50. The lowest BCUT2D eigenvalue weighted by Crippen LogP contribution is -2.19. The average molecular weight is 191 g/mol. The highest BCUT2D eigenvalue weighted by Crippen LogP contribution is 2.12. The summed E-state index contributed by atoms with van der Waals surface area (Å²) in [5.41, 5.74) is 4.23. The van der Waals surface area contributed by atoms with E-state index in [2.05, 4.69) is 51.2 Å². The minimum Gasteiger partial charge on any atom is -0.312 e. The van der Waals surface area contributed by atoms with Gasteiger partial charge in [-0.1, -0.05) is 32.0 Å². The van der Waals surface area contributed by atoms with Crippen LogP contribution < -0.4 is 5.32 Å². The van der Waals surface area contributed by atoms with Gasteiger partial charge in [-0.3, -0.25) is 0 Å². The van der Waals surface area contributed by atoms with Gasteiger partial charge >= 0.3 is 0 Å². The first-order chi connectivity index (χ1) is 6.61. The lowest BCUT2D eigenvalue weighted by Gasteiger charge is -2.11. The van der Waals surface area contributed by atoms with Gasteiger partial charge in [0.1, 0.15) is 0 Å².